The number of pyridine rings is 1. The minimum absolute atomic E-state index is 0.0481. The third kappa shape index (κ3) is 8.60. The van der Waals surface area contributed by atoms with Crippen molar-refractivity contribution in [2.24, 2.45) is 0 Å². The molecule has 4 rings (SSSR count). The highest BCUT2D eigenvalue weighted by molar-refractivity contribution is 9.10. The lowest BCUT2D eigenvalue weighted by atomic mass is 9.93. The van der Waals surface area contributed by atoms with Crippen LogP contribution in [0.4, 0.5) is 10.6 Å². The molecule has 9 nitrogen and oxygen atoms in total. The molecule has 0 bridgehead atoms. The Balaban J connectivity index is 1.62. The number of ether oxygens (including phenoxy) is 1. The standard InChI is InChI=1S/C32H38BrClN4O5/c1-19-28(30(41)35-17-20(11-14-27(39)40)23-9-5-6-10-25(23)34)24-16-21(33)12-13-26(24)37-29(19)38-15-7-8-22(18-38)36-31(42)43-32(2,3)4/h5-6,9-10,12-13,16,20,22H,7-8,11,14-15,17-18H2,1-4H3,(H,35,41)(H,36,42)(H,39,40). The van der Waals surface area contributed by atoms with E-state index in [4.69, 9.17) is 21.3 Å². The molecule has 2 atom stereocenters. The van der Waals surface area contributed by atoms with Crippen LogP contribution in [0.25, 0.3) is 10.9 Å². The second kappa shape index (κ2) is 13.9. The van der Waals surface area contributed by atoms with Crippen molar-refractivity contribution in [1.29, 1.82) is 0 Å². The molecular formula is C32H38BrClN4O5. The average molecular weight is 674 g/mol. The summed E-state index contributed by atoms with van der Waals surface area (Å²) in [6.07, 6.45) is 1.47. The SMILES string of the molecule is Cc1c(N2CCCC(NC(=O)OC(C)(C)C)C2)nc2ccc(Br)cc2c1C(=O)NCC(CCC(=O)O)c1ccccc1Cl. The summed E-state index contributed by atoms with van der Waals surface area (Å²) in [5, 5.41) is 16.6. The van der Waals surface area contributed by atoms with Crippen LogP contribution in [-0.2, 0) is 9.53 Å². The number of alkyl carbamates (subject to hydrolysis) is 1. The molecule has 230 valence electrons. The normalized spacial score (nSPS) is 16.0. The van der Waals surface area contributed by atoms with Gasteiger partial charge in [-0.2, -0.15) is 0 Å². The van der Waals surface area contributed by atoms with Gasteiger partial charge in [-0.15, -0.1) is 0 Å². The maximum Gasteiger partial charge on any atom is 0.407 e. The summed E-state index contributed by atoms with van der Waals surface area (Å²) in [6.45, 7) is 8.85. The molecule has 43 heavy (non-hydrogen) atoms. The van der Waals surface area contributed by atoms with Gasteiger partial charge in [0.15, 0.2) is 0 Å². The van der Waals surface area contributed by atoms with Gasteiger partial charge in [-0.1, -0.05) is 45.7 Å². The number of anilines is 1. The molecule has 0 radical (unpaired) electrons. The second-order valence-electron chi connectivity index (χ2n) is 11.9. The summed E-state index contributed by atoms with van der Waals surface area (Å²) in [5.41, 5.74) is 2.09. The van der Waals surface area contributed by atoms with E-state index in [1.54, 1.807) is 6.07 Å². The number of aliphatic carboxylic acids is 1. The van der Waals surface area contributed by atoms with Crippen LogP contribution in [0.3, 0.4) is 0 Å². The van der Waals surface area contributed by atoms with Crippen LogP contribution >= 0.6 is 27.5 Å². The van der Waals surface area contributed by atoms with Gasteiger partial charge in [0.25, 0.3) is 5.91 Å². The first kappa shape index (κ1) is 32.5. The monoisotopic (exact) mass is 672 g/mol. The van der Waals surface area contributed by atoms with E-state index in [1.807, 2.05) is 64.1 Å². The number of nitrogens with one attached hydrogen (secondary N) is 2. The van der Waals surface area contributed by atoms with E-state index in [2.05, 4.69) is 31.5 Å². The number of halogens is 2. The molecule has 2 aromatic carbocycles. The molecule has 11 heteroatoms. The Morgan fingerprint density at radius 1 is 1.21 bits per heavy atom. The first-order chi connectivity index (χ1) is 20.3. The quantitative estimate of drug-likeness (QED) is 0.228. The zero-order chi connectivity index (χ0) is 31.3. The zero-order valence-electron chi connectivity index (χ0n) is 24.9. The summed E-state index contributed by atoms with van der Waals surface area (Å²) in [4.78, 5) is 44.8. The van der Waals surface area contributed by atoms with Gasteiger partial charge < -0.3 is 25.4 Å². The maximum atomic E-state index is 13.9. The average Bonchev–Trinajstić information content (AvgIpc) is 2.92. The van der Waals surface area contributed by atoms with Crippen LogP contribution in [0, 0.1) is 6.92 Å². The van der Waals surface area contributed by atoms with Gasteiger partial charge in [0.2, 0.25) is 0 Å². The van der Waals surface area contributed by atoms with Gasteiger partial charge in [-0.25, -0.2) is 9.78 Å². The Bertz CT molecular complexity index is 1510. The number of hydrogen-bond acceptors (Lipinski definition) is 6. The van der Waals surface area contributed by atoms with Crippen LogP contribution < -0.4 is 15.5 Å². The molecule has 1 saturated heterocycles. The van der Waals surface area contributed by atoms with Crippen LogP contribution in [0.1, 0.15) is 73.9 Å². The van der Waals surface area contributed by atoms with Gasteiger partial charge in [0.1, 0.15) is 11.4 Å². The number of carboxylic acid groups (broad SMARTS) is 1. The van der Waals surface area contributed by atoms with E-state index in [9.17, 15) is 19.5 Å². The number of carbonyl (C=O) groups is 3. The Morgan fingerprint density at radius 3 is 2.65 bits per heavy atom. The number of aromatic nitrogens is 1. The molecular weight excluding hydrogens is 636 g/mol. The summed E-state index contributed by atoms with van der Waals surface area (Å²) in [5.74, 6) is -0.786. The van der Waals surface area contributed by atoms with Gasteiger partial charge in [-0.05, 0) is 76.8 Å². The van der Waals surface area contributed by atoms with E-state index >= 15 is 0 Å². The van der Waals surface area contributed by atoms with Crippen LogP contribution in [0.2, 0.25) is 5.02 Å². The smallest absolute Gasteiger partial charge is 0.407 e. The predicted octanol–water partition coefficient (Wildman–Crippen LogP) is 6.83. The van der Waals surface area contributed by atoms with Crippen LogP contribution in [0.5, 0.6) is 0 Å². The third-order valence-corrected chi connectivity index (χ3v) is 8.23. The lowest BCUT2D eigenvalue weighted by molar-refractivity contribution is -0.137. The van der Waals surface area contributed by atoms with Crippen molar-refractivity contribution >= 4 is 62.2 Å². The molecule has 0 aliphatic carbocycles. The number of carbonyl (C=O) groups excluding carboxylic acids is 2. The number of benzene rings is 2. The molecule has 2 unspecified atom stereocenters. The molecule has 1 aliphatic rings. The molecule has 1 fully saturated rings. The molecule has 0 saturated carbocycles. The fourth-order valence-corrected chi connectivity index (χ4v) is 6.11. The molecule has 1 aliphatic heterocycles. The number of hydrogen-bond donors (Lipinski definition) is 3. The maximum absolute atomic E-state index is 13.9. The van der Waals surface area contributed by atoms with Crippen molar-refractivity contribution in [3.05, 3.63) is 68.7 Å². The van der Waals surface area contributed by atoms with E-state index in [0.717, 1.165) is 35.0 Å². The number of carboxylic acids is 1. The van der Waals surface area contributed by atoms with Gasteiger partial charge >= 0.3 is 12.1 Å². The number of rotatable bonds is 9. The second-order valence-corrected chi connectivity index (χ2v) is 13.2. The van der Waals surface area contributed by atoms with E-state index in [-0.39, 0.29) is 30.8 Å². The molecule has 3 N–H and O–H groups in total. The van der Waals surface area contributed by atoms with Crippen molar-refractivity contribution in [2.75, 3.05) is 24.5 Å². The lowest BCUT2D eigenvalue weighted by Crippen LogP contribution is -2.49. The molecule has 2 amide bonds. The van der Waals surface area contributed by atoms with Crippen molar-refractivity contribution in [2.45, 2.75) is 70.9 Å². The molecule has 3 aromatic rings. The summed E-state index contributed by atoms with van der Waals surface area (Å²) in [6, 6.07) is 12.8. The first-order valence-electron chi connectivity index (χ1n) is 14.4. The summed E-state index contributed by atoms with van der Waals surface area (Å²) < 4.78 is 6.28. The van der Waals surface area contributed by atoms with Gasteiger partial charge in [0, 0.05) is 58.5 Å². The molecule has 2 heterocycles. The van der Waals surface area contributed by atoms with Gasteiger partial charge in [0.05, 0.1) is 11.1 Å². The minimum Gasteiger partial charge on any atom is -0.481 e. The highest BCUT2D eigenvalue weighted by Crippen LogP contribution is 2.33. The van der Waals surface area contributed by atoms with E-state index in [1.165, 1.54) is 0 Å². The van der Waals surface area contributed by atoms with Crippen LogP contribution in [0.15, 0.2) is 46.9 Å². The fourth-order valence-electron chi connectivity index (χ4n) is 5.46. The largest absolute Gasteiger partial charge is 0.481 e. The Hall–Kier alpha value is -3.37. The zero-order valence-corrected chi connectivity index (χ0v) is 27.2. The highest BCUT2D eigenvalue weighted by atomic mass is 79.9. The Kier molecular flexibility index (Phi) is 10.6. The fraction of sp³-hybridized carbons (Fsp3) is 0.438. The van der Waals surface area contributed by atoms with Crippen molar-refractivity contribution < 1.29 is 24.2 Å². The van der Waals surface area contributed by atoms with Crippen molar-refractivity contribution in [3.8, 4) is 0 Å². The predicted molar refractivity (Wildman–Crippen MR) is 172 cm³/mol. The number of piperidine rings is 1. The van der Waals surface area contributed by atoms with E-state index in [0.29, 0.717) is 40.3 Å². The summed E-state index contributed by atoms with van der Waals surface area (Å²) >= 11 is 9.99. The Labute approximate surface area is 265 Å². The highest BCUT2D eigenvalue weighted by Gasteiger charge is 2.28. The molecule has 0 spiro atoms. The molecule has 1 aromatic heterocycles. The van der Waals surface area contributed by atoms with Crippen molar-refractivity contribution in [1.82, 2.24) is 15.6 Å². The van der Waals surface area contributed by atoms with E-state index < -0.39 is 17.7 Å². The Morgan fingerprint density at radius 2 is 1.95 bits per heavy atom. The summed E-state index contributed by atoms with van der Waals surface area (Å²) in [7, 11) is 0. The third-order valence-electron chi connectivity index (χ3n) is 7.39. The van der Waals surface area contributed by atoms with Gasteiger partial charge in [-0.3, -0.25) is 9.59 Å². The first-order valence-corrected chi connectivity index (χ1v) is 15.6. The number of nitrogens with zero attached hydrogens (tertiary/aromatic N) is 2. The van der Waals surface area contributed by atoms with Crippen LogP contribution in [-0.4, -0.2) is 59.3 Å². The minimum atomic E-state index is -0.908. The lowest BCUT2D eigenvalue weighted by Gasteiger charge is -2.35. The number of fused-ring (bicyclic) bond motifs is 1. The number of amides is 2. The van der Waals surface area contributed by atoms with Crippen molar-refractivity contribution in [3.63, 3.8) is 0 Å². The topological polar surface area (TPSA) is 121 Å².